The third-order valence-corrected chi connectivity index (χ3v) is 5.73. The van der Waals surface area contributed by atoms with Crippen LogP contribution >= 0.6 is 0 Å². The Labute approximate surface area is 167 Å². The maximum absolute atomic E-state index is 13.6. The first-order valence-corrected chi connectivity index (χ1v) is 9.40. The second-order valence-electron chi connectivity index (χ2n) is 7.29. The van der Waals surface area contributed by atoms with E-state index in [1.54, 1.807) is 48.5 Å². The van der Waals surface area contributed by atoms with E-state index in [9.17, 15) is 14.7 Å². The van der Waals surface area contributed by atoms with E-state index >= 15 is 0 Å². The predicted octanol–water partition coefficient (Wildman–Crippen LogP) is 2.90. The van der Waals surface area contributed by atoms with Gasteiger partial charge in [0.1, 0.15) is 0 Å². The number of hydrogen-bond donors (Lipinski definition) is 3. The highest BCUT2D eigenvalue weighted by Crippen LogP contribution is 2.53. The molecule has 0 aliphatic carbocycles. The van der Waals surface area contributed by atoms with Crippen LogP contribution in [0.3, 0.4) is 0 Å². The normalized spacial score (nSPS) is 25.1. The second-order valence-corrected chi connectivity index (χ2v) is 7.29. The molecule has 0 bridgehead atoms. The van der Waals surface area contributed by atoms with Gasteiger partial charge in [0, 0.05) is 17.8 Å². The lowest BCUT2D eigenvalue weighted by Gasteiger charge is -2.47. The highest BCUT2D eigenvalue weighted by molar-refractivity contribution is 6.07. The van der Waals surface area contributed by atoms with Gasteiger partial charge in [-0.2, -0.15) is 0 Å². The molecule has 2 heterocycles. The van der Waals surface area contributed by atoms with Crippen molar-refractivity contribution in [2.45, 2.75) is 17.8 Å². The minimum Gasteiger partial charge on any atom is -0.364 e. The monoisotopic (exact) mass is 385 g/mol. The van der Waals surface area contributed by atoms with Crippen LogP contribution in [0.2, 0.25) is 0 Å². The Hall–Kier alpha value is -3.64. The molecule has 3 amide bonds. The van der Waals surface area contributed by atoms with Crippen molar-refractivity contribution in [1.29, 1.82) is 0 Å². The zero-order valence-corrected chi connectivity index (χ0v) is 15.5. The average Bonchev–Trinajstić information content (AvgIpc) is 2.98. The fraction of sp³-hybridized carbons (Fsp3) is 0.130. The Bertz CT molecular complexity index is 1100. The van der Waals surface area contributed by atoms with E-state index in [1.165, 1.54) is 4.90 Å². The van der Waals surface area contributed by atoms with Crippen LogP contribution in [0.5, 0.6) is 0 Å². The number of carbonyl (C=O) groups is 2. The summed E-state index contributed by atoms with van der Waals surface area (Å²) >= 11 is 0. The van der Waals surface area contributed by atoms with Crippen LogP contribution < -0.4 is 10.6 Å². The molecule has 2 atom stereocenters. The van der Waals surface area contributed by atoms with Crippen LogP contribution in [-0.4, -0.2) is 21.9 Å². The van der Waals surface area contributed by atoms with Crippen molar-refractivity contribution < 1.29 is 14.7 Å². The van der Waals surface area contributed by atoms with E-state index in [2.05, 4.69) is 10.6 Å². The summed E-state index contributed by atoms with van der Waals surface area (Å²) in [5.41, 5.74) is -1.26. The molecule has 0 saturated carbocycles. The fourth-order valence-corrected chi connectivity index (χ4v) is 4.46. The number of hydrogen-bond acceptors (Lipinski definition) is 3. The highest BCUT2D eigenvalue weighted by Gasteiger charge is 2.71. The van der Waals surface area contributed by atoms with E-state index in [0.717, 1.165) is 5.56 Å². The van der Waals surface area contributed by atoms with Crippen LogP contribution in [0.1, 0.15) is 16.7 Å². The third kappa shape index (κ3) is 2.26. The van der Waals surface area contributed by atoms with Crippen LogP contribution in [0.4, 0.5) is 10.5 Å². The molecule has 5 rings (SSSR count). The van der Waals surface area contributed by atoms with E-state index < -0.39 is 23.2 Å². The first-order valence-electron chi connectivity index (χ1n) is 9.40. The number of urea groups is 1. The summed E-state index contributed by atoms with van der Waals surface area (Å²) in [5.74, 6) is -0.459. The molecule has 0 unspecified atom stereocenters. The number of rotatable bonds is 3. The number of aliphatic hydroxyl groups is 1. The molecular weight excluding hydrogens is 366 g/mol. The van der Waals surface area contributed by atoms with E-state index in [0.29, 0.717) is 16.8 Å². The number of amides is 3. The lowest BCUT2D eigenvalue weighted by atomic mass is 9.72. The standard InChI is InChI=1S/C23H19N3O3/c27-20-22(17-11-5-2-6-12-17)23(29,18-13-7-8-14-19(18)24-20)25-21(28)26(22)15-16-9-3-1-4-10-16/h1-14,29H,15H2,(H,24,27)(H,25,28)/t22-,23-/m1/s1. The van der Waals surface area contributed by atoms with Gasteiger partial charge in [-0.3, -0.25) is 9.69 Å². The molecule has 2 aliphatic heterocycles. The molecule has 6 heteroatoms. The largest absolute Gasteiger partial charge is 0.364 e. The highest BCUT2D eigenvalue weighted by atomic mass is 16.3. The van der Waals surface area contributed by atoms with Gasteiger partial charge in [0.25, 0.3) is 5.91 Å². The Kier molecular flexibility index (Phi) is 3.72. The number of carbonyl (C=O) groups excluding carboxylic acids is 2. The smallest absolute Gasteiger partial charge is 0.321 e. The van der Waals surface area contributed by atoms with Gasteiger partial charge in [0.2, 0.25) is 11.3 Å². The summed E-state index contributed by atoms with van der Waals surface area (Å²) < 4.78 is 0. The number of nitrogens with zero attached hydrogens (tertiary/aromatic N) is 1. The van der Waals surface area contributed by atoms with Crippen LogP contribution in [0, 0.1) is 0 Å². The molecular formula is C23H19N3O3. The molecule has 3 aromatic carbocycles. The Morgan fingerprint density at radius 1 is 0.828 bits per heavy atom. The molecule has 1 saturated heterocycles. The molecule has 29 heavy (non-hydrogen) atoms. The van der Waals surface area contributed by atoms with Crippen molar-refractivity contribution >= 4 is 17.6 Å². The summed E-state index contributed by atoms with van der Waals surface area (Å²) in [6.45, 7) is 0.166. The van der Waals surface area contributed by atoms with Gasteiger partial charge in [0.05, 0.1) is 0 Å². The molecule has 144 valence electrons. The summed E-state index contributed by atoms with van der Waals surface area (Å²) in [5, 5.41) is 17.5. The van der Waals surface area contributed by atoms with Gasteiger partial charge in [-0.05, 0) is 17.2 Å². The zero-order valence-electron chi connectivity index (χ0n) is 15.5. The van der Waals surface area contributed by atoms with Crippen molar-refractivity contribution in [3.05, 3.63) is 102 Å². The predicted molar refractivity (Wildman–Crippen MR) is 108 cm³/mol. The molecule has 3 N–H and O–H groups in total. The summed E-state index contributed by atoms with van der Waals surface area (Å²) in [6, 6.07) is 24.8. The lowest BCUT2D eigenvalue weighted by Crippen LogP contribution is -2.65. The van der Waals surface area contributed by atoms with Crippen LogP contribution in [0.15, 0.2) is 84.9 Å². The summed E-state index contributed by atoms with van der Waals surface area (Å²) in [4.78, 5) is 28.2. The second kappa shape index (κ2) is 6.18. The van der Waals surface area contributed by atoms with E-state index in [4.69, 9.17) is 0 Å². The molecule has 3 aromatic rings. The molecule has 0 radical (unpaired) electrons. The van der Waals surface area contributed by atoms with Crippen molar-refractivity contribution in [2.24, 2.45) is 0 Å². The van der Waals surface area contributed by atoms with Gasteiger partial charge in [-0.25, -0.2) is 4.79 Å². The number of anilines is 1. The van der Waals surface area contributed by atoms with Crippen molar-refractivity contribution in [3.8, 4) is 0 Å². The SMILES string of the molecule is O=C1N[C@@]2(O)c3ccccc3NC(=O)[C@@]2(c2ccccc2)N1Cc1ccccc1. The van der Waals surface area contributed by atoms with Crippen LogP contribution in [0.25, 0.3) is 0 Å². The topological polar surface area (TPSA) is 81.7 Å². The Morgan fingerprint density at radius 3 is 2.17 bits per heavy atom. The van der Waals surface area contributed by atoms with Gasteiger partial charge in [-0.1, -0.05) is 78.9 Å². The quantitative estimate of drug-likeness (QED) is 0.648. The van der Waals surface area contributed by atoms with Gasteiger partial charge in [-0.15, -0.1) is 0 Å². The number of nitrogens with one attached hydrogen (secondary N) is 2. The molecule has 0 spiro atoms. The minimum absolute atomic E-state index is 0.166. The van der Waals surface area contributed by atoms with Gasteiger partial charge >= 0.3 is 6.03 Å². The Morgan fingerprint density at radius 2 is 1.45 bits per heavy atom. The van der Waals surface area contributed by atoms with Gasteiger partial charge in [0.15, 0.2) is 0 Å². The maximum Gasteiger partial charge on any atom is 0.321 e. The zero-order chi connectivity index (χ0) is 20.1. The van der Waals surface area contributed by atoms with Crippen molar-refractivity contribution in [2.75, 3.05) is 5.32 Å². The Balaban J connectivity index is 1.78. The van der Waals surface area contributed by atoms with Crippen LogP contribution in [-0.2, 0) is 22.6 Å². The number of benzene rings is 3. The summed E-state index contributed by atoms with van der Waals surface area (Å²) in [7, 11) is 0. The van der Waals surface area contributed by atoms with Crippen molar-refractivity contribution in [3.63, 3.8) is 0 Å². The number of para-hydroxylation sites is 1. The van der Waals surface area contributed by atoms with Gasteiger partial charge < -0.3 is 15.7 Å². The summed E-state index contributed by atoms with van der Waals surface area (Å²) in [6.07, 6.45) is 0. The molecule has 1 fully saturated rings. The molecule has 2 aliphatic rings. The minimum atomic E-state index is -1.92. The van der Waals surface area contributed by atoms with Crippen molar-refractivity contribution in [1.82, 2.24) is 10.2 Å². The van der Waals surface area contributed by atoms with E-state index in [1.807, 2.05) is 36.4 Å². The lowest BCUT2D eigenvalue weighted by molar-refractivity contribution is -0.148. The first-order chi connectivity index (χ1) is 14.1. The average molecular weight is 385 g/mol. The first kappa shape index (κ1) is 17.5. The molecule has 0 aromatic heterocycles. The van der Waals surface area contributed by atoms with E-state index in [-0.39, 0.29) is 6.54 Å². The number of fused-ring (bicyclic) bond motifs is 3. The third-order valence-electron chi connectivity index (χ3n) is 5.73. The maximum atomic E-state index is 13.6. The molecule has 6 nitrogen and oxygen atoms in total. The fourth-order valence-electron chi connectivity index (χ4n) is 4.46.